The second kappa shape index (κ2) is 4.93. The van der Waals surface area contributed by atoms with Crippen LogP contribution in [0.4, 0.5) is 15.9 Å². The van der Waals surface area contributed by atoms with Crippen LogP contribution >= 0.6 is 0 Å². The number of anilines is 2. The van der Waals surface area contributed by atoms with E-state index in [1.54, 1.807) is 30.1 Å². The monoisotopic (exact) mass is 267 g/mol. The van der Waals surface area contributed by atoms with E-state index in [2.05, 4.69) is 11.1 Å². The van der Waals surface area contributed by atoms with Crippen LogP contribution in [0.15, 0.2) is 30.3 Å². The zero-order valence-electron chi connectivity index (χ0n) is 11.2. The number of benzene rings is 1. The third-order valence-corrected chi connectivity index (χ3v) is 3.68. The Balaban J connectivity index is 2.10. The first-order valence-electron chi connectivity index (χ1n) is 6.62. The van der Waals surface area contributed by atoms with Crippen molar-refractivity contribution < 1.29 is 4.39 Å². The molecule has 0 bridgehead atoms. The Morgan fingerprint density at radius 2 is 2.10 bits per heavy atom. The molecule has 1 aromatic carbocycles. The minimum Gasteiger partial charge on any atom is -0.326 e. The summed E-state index contributed by atoms with van der Waals surface area (Å²) in [4.78, 5) is 6.22. The lowest BCUT2D eigenvalue weighted by molar-refractivity contribution is 0.627. The van der Waals surface area contributed by atoms with Crippen LogP contribution in [0.25, 0.3) is 0 Å². The van der Waals surface area contributed by atoms with Gasteiger partial charge in [0.05, 0.1) is 11.3 Å². The molecule has 1 aliphatic carbocycles. The Bertz CT molecular complexity index is 703. The van der Waals surface area contributed by atoms with E-state index in [0.29, 0.717) is 17.1 Å². The van der Waals surface area contributed by atoms with Crippen LogP contribution in [0.2, 0.25) is 0 Å². The summed E-state index contributed by atoms with van der Waals surface area (Å²) in [6, 6.07) is 10.6. The maximum Gasteiger partial charge on any atom is 0.151 e. The van der Waals surface area contributed by atoms with Crippen molar-refractivity contribution in [3.05, 3.63) is 53.0 Å². The highest BCUT2D eigenvalue weighted by molar-refractivity contribution is 5.66. The van der Waals surface area contributed by atoms with Gasteiger partial charge in [-0.15, -0.1) is 0 Å². The van der Waals surface area contributed by atoms with Crippen LogP contribution < -0.4 is 4.90 Å². The number of nitriles is 1. The molecule has 1 aromatic heterocycles. The second-order valence-corrected chi connectivity index (χ2v) is 4.94. The van der Waals surface area contributed by atoms with Crippen molar-refractivity contribution in [3.8, 4) is 6.07 Å². The number of fused-ring (bicyclic) bond motifs is 1. The largest absolute Gasteiger partial charge is 0.326 e. The van der Waals surface area contributed by atoms with E-state index in [1.165, 1.54) is 6.07 Å². The van der Waals surface area contributed by atoms with Gasteiger partial charge in [-0.25, -0.2) is 9.37 Å². The minimum absolute atomic E-state index is 0.318. The van der Waals surface area contributed by atoms with Crippen molar-refractivity contribution in [2.24, 2.45) is 0 Å². The number of rotatable bonds is 2. The molecule has 3 nitrogen and oxygen atoms in total. The molecular formula is C16H14FN3. The molecule has 0 aliphatic heterocycles. The number of nitrogens with zero attached hydrogens (tertiary/aromatic N) is 3. The number of para-hydroxylation sites is 1. The summed E-state index contributed by atoms with van der Waals surface area (Å²) < 4.78 is 13.9. The zero-order valence-corrected chi connectivity index (χ0v) is 11.2. The Morgan fingerprint density at radius 3 is 2.85 bits per heavy atom. The van der Waals surface area contributed by atoms with Crippen molar-refractivity contribution >= 4 is 11.5 Å². The summed E-state index contributed by atoms with van der Waals surface area (Å²) >= 11 is 0. The van der Waals surface area contributed by atoms with E-state index in [9.17, 15) is 9.65 Å². The SMILES string of the molecule is CN(c1ccccc1F)c1nc2c(cc1C#N)CCC2. The average Bonchev–Trinajstić information content (AvgIpc) is 2.92. The van der Waals surface area contributed by atoms with Crippen molar-refractivity contribution in [2.75, 3.05) is 11.9 Å². The molecule has 0 saturated carbocycles. The van der Waals surface area contributed by atoms with Gasteiger partial charge in [0.1, 0.15) is 11.9 Å². The van der Waals surface area contributed by atoms with Gasteiger partial charge in [-0.1, -0.05) is 12.1 Å². The lowest BCUT2D eigenvalue weighted by Crippen LogP contribution is -2.15. The maximum absolute atomic E-state index is 13.9. The first-order valence-corrected chi connectivity index (χ1v) is 6.62. The fourth-order valence-electron chi connectivity index (χ4n) is 2.64. The van der Waals surface area contributed by atoms with Crippen LogP contribution in [0.1, 0.15) is 23.2 Å². The Hall–Kier alpha value is -2.41. The van der Waals surface area contributed by atoms with Gasteiger partial charge < -0.3 is 4.90 Å². The minimum atomic E-state index is -0.318. The quantitative estimate of drug-likeness (QED) is 0.837. The van der Waals surface area contributed by atoms with Crippen LogP contribution in [-0.2, 0) is 12.8 Å². The average molecular weight is 267 g/mol. The highest BCUT2D eigenvalue weighted by Crippen LogP contribution is 2.31. The second-order valence-electron chi connectivity index (χ2n) is 4.94. The number of hydrogen-bond donors (Lipinski definition) is 0. The summed E-state index contributed by atoms with van der Waals surface area (Å²) in [6.45, 7) is 0. The lowest BCUT2D eigenvalue weighted by Gasteiger charge is -2.21. The molecule has 0 unspecified atom stereocenters. The summed E-state index contributed by atoms with van der Waals surface area (Å²) in [6.07, 6.45) is 2.97. The van der Waals surface area contributed by atoms with Gasteiger partial charge in [-0.3, -0.25) is 0 Å². The Labute approximate surface area is 117 Å². The van der Waals surface area contributed by atoms with E-state index in [-0.39, 0.29) is 5.82 Å². The number of aromatic nitrogens is 1. The van der Waals surface area contributed by atoms with Crippen molar-refractivity contribution in [2.45, 2.75) is 19.3 Å². The predicted molar refractivity (Wildman–Crippen MR) is 75.4 cm³/mol. The van der Waals surface area contributed by atoms with E-state index < -0.39 is 0 Å². The molecule has 0 fully saturated rings. The summed E-state index contributed by atoms with van der Waals surface area (Å²) in [7, 11) is 1.74. The van der Waals surface area contributed by atoms with E-state index in [1.807, 2.05) is 6.07 Å². The molecule has 1 heterocycles. The van der Waals surface area contributed by atoms with Crippen LogP contribution in [0.5, 0.6) is 0 Å². The topological polar surface area (TPSA) is 39.9 Å². The first-order chi connectivity index (χ1) is 9.70. The van der Waals surface area contributed by atoms with Gasteiger partial charge in [-0.2, -0.15) is 5.26 Å². The zero-order chi connectivity index (χ0) is 14.1. The highest BCUT2D eigenvalue weighted by atomic mass is 19.1. The molecule has 100 valence electrons. The van der Waals surface area contributed by atoms with Crippen LogP contribution in [0, 0.1) is 17.1 Å². The first kappa shape index (κ1) is 12.6. The molecule has 4 heteroatoms. The molecule has 0 amide bonds. The van der Waals surface area contributed by atoms with Crippen LogP contribution in [-0.4, -0.2) is 12.0 Å². The molecule has 20 heavy (non-hydrogen) atoms. The van der Waals surface area contributed by atoms with E-state index in [4.69, 9.17) is 0 Å². The molecule has 0 N–H and O–H groups in total. The van der Waals surface area contributed by atoms with Crippen molar-refractivity contribution in [3.63, 3.8) is 0 Å². The summed E-state index contributed by atoms with van der Waals surface area (Å²) in [5, 5.41) is 9.30. The standard InChI is InChI=1S/C16H14FN3/c1-20(15-8-3-2-6-13(15)17)16-12(10-18)9-11-5-4-7-14(11)19-16/h2-3,6,8-9H,4-5,7H2,1H3. The van der Waals surface area contributed by atoms with Gasteiger partial charge in [0, 0.05) is 12.7 Å². The van der Waals surface area contributed by atoms with Gasteiger partial charge in [0.15, 0.2) is 5.82 Å². The van der Waals surface area contributed by atoms with Gasteiger partial charge in [-0.05, 0) is 43.0 Å². The Morgan fingerprint density at radius 1 is 1.30 bits per heavy atom. The number of halogens is 1. The van der Waals surface area contributed by atoms with Gasteiger partial charge in [0.25, 0.3) is 0 Å². The molecule has 0 saturated heterocycles. The third-order valence-electron chi connectivity index (χ3n) is 3.68. The molecule has 1 aliphatic rings. The maximum atomic E-state index is 13.9. The Kier molecular flexibility index (Phi) is 3.11. The molecule has 0 radical (unpaired) electrons. The van der Waals surface area contributed by atoms with Crippen LogP contribution in [0.3, 0.4) is 0 Å². The summed E-state index contributed by atoms with van der Waals surface area (Å²) in [5.74, 6) is 0.208. The molecular weight excluding hydrogens is 253 g/mol. The van der Waals surface area contributed by atoms with E-state index >= 15 is 0 Å². The molecule has 0 atom stereocenters. The van der Waals surface area contributed by atoms with Gasteiger partial charge >= 0.3 is 0 Å². The normalized spacial score (nSPS) is 12.8. The predicted octanol–water partition coefficient (Wildman–Crippen LogP) is 3.35. The molecule has 2 aromatic rings. The molecule has 3 rings (SSSR count). The number of aryl methyl sites for hydroxylation is 2. The number of pyridine rings is 1. The fourth-order valence-corrected chi connectivity index (χ4v) is 2.64. The molecule has 0 spiro atoms. The smallest absolute Gasteiger partial charge is 0.151 e. The van der Waals surface area contributed by atoms with Crippen molar-refractivity contribution in [1.29, 1.82) is 5.26 Å². The highest BCUT2D eigenvalue weighted by Gasteiger charge is 2.20. The van der Waals surface area contributed by atoms with Gasteiger partial charge in [0.2, 0.25) is 0 Å². The van der Waals surface area contributed by atoms with Crippen molar-refractivity contribution in [1.82, 2.24) is 4.98 Å². The fraction of sp³-hybridized carbons (Fsp3) is 0.250. The number of hydrogen-bond acceptors (Lipinski definition) is 3. The lowest BCUT2D eigenvalue weighted by atomic mass is 10.1. The third kappa shape index (κ3) is 2.01. The van der Waals surface area contributed by atoms with E-state index in [0.717, 1.165) is 30.5 Å². The summed E-state index contributed by atoms with van der Waals surface area (Å²) in [5.41, 5.74) is 3.10.